The minimum Gasteiger partial charge on any atom is -0.355 e. The van der Waals surface area contributed by atoms with Crippen LogP contribution in [0.3, 0.4) is 0 Å². The standard InChI is InChI=1S/C18H17BrN4O2/c19-13-6-9-16(21-14-4-2-1-3-5-14)12(10-13)11-20-23-18(25)17(24)22-15-7-8-15/h1-6,9-11,15,21H,7-8H2,(H,22,24)(H,23,25)/b20-11-. The summed E-state index contributed by atoms with van der Waals surface area (Å²) in [5.41, 5.74) is 4.78. The van der Waals surface area contributed by atoms with Crippen LogP contribution < -0.4 is 16.1 Å². The van der Waals surface area contributed by atoms with Crippen molar-refractivity contribution in [3.8, 4) is 0 Å². The topological polar surface area (TPSA) is 82.6 Å². The molecule has 1 aliphatic carbocycles. The Bertz CT molecular complexity index is 804. The Labute approximate surface area is 153 Å². The van der Waals surface area contributed by atoms with Crippen LogP contribution in [0.25, 0.3) is 0 Å². The molecule has 0 radical (unpaired) electrons. The number of nitrogens with one attached hydrogen (secondary N) is 3. The van der Waals surface area contributed by atoms with Gasteiger partial charge < -0.3 is 10.6 Å². The highest BCUT2D eigenvalue weighted by molar-refractivity contribution is 9.10. The first-order chi connectivity index (χ1) is 12.1. The molecule has 2 aromatic rings. The van der Waals surface area contributed by atoms with Gasteiger partial charge >= 0.3 is 11.8 Å². The number of hydrazone groups is 1. The maximum atomic E-state index is 11.7. The maximum absolute atomic E-state index is 11.7. The molecule has 0 atom stereocenters. The SMILES string of the molecule is O=C(N/N=C\c1cc(Br)ccc1Nc1ccccc1)C(=O)NC1CC1. The van der Waals surface area contributed by atoms with Crippen LogP contribution in [0.5, 0.6) is 0 Å². The quantitative estimate of drug-likeness (QED) is 0.409. The summed E-state index contributed by atoms with van der Waals surface area (Å²) in [5, 5.41) is 9.79. The van der Waals surface area contributed by atoms with E-state index in [2.05, 4.69) is 37.1 Å². The summed E-state index contributed by atoms with van der Waals surface area (Å²) < 4.78 is 0.880. The van der Waals surface area contributed by atoms with Crippen molar-refractivity contribution in [2.75, 3.05) is 5.32 Å². The van der Waals surface area contributed by atoms with Crippen LogP contribution in [0.2, 0.25) is 0 Å². The number of carbonyl (C=O) groups excluding carboxylic acids is 2. The zero-order valence-corrected chi connectivity index (χ0v) is 14.9. The fourth-order valence-corrected chi connectivity index (χ4v) is 2.50. The molecule has 2 amide bonds. The van der Waals surface area contributed by atoms with Crippen molar-refractivity contribution in [2.45, 2.75) is 18.9 Å². The number of amides is 2. The lowest BCUT2D eigenvalue weighted by molar-refractivity contribution is -0.139. The molecule has 3 rings (SSSR count). The number of carbonyl (C=O) groups is 2. The maximum Gasteiger partial charge on any atom is 0.329 e. The Morgan fingerprint density at radius 3 is 2.56 bits per heavy atom. The molecule has 25 heavy (non-hydrogen) atoms. The predicted octanol–water partition coefficient (Wildman–Crippen LogP) is 2.92. The Balaban J connectivity index is 1.67. The molecule has 0 unspecified atom stereocenters. The zero-order chi connectivity index (χ0) is 17.6. The number of para-hydroxylation sites is 1. The third kappa shape index (κ3) is 5.15. The highest BCUT2D eigenvalue weighted by atomic mass is 79.9. The highest BCUT2D eigenvalue weighted by Crippen LogP contribution is 2.23. The van der Waals surface area contributed by atoms with Crippen molar-refractivity contribution in [3.63, 3.8) is 0 Å². The molecule has 128 valence electrons. The Kier molecular flexibility index (Phi) is 5.45. The lowest BCUT2D eigenvalue weighted by Crippen LogP contribution is -2.38. The van der Waals surface area contributed by atoms with Gasteiger partial charge in [-0.25, -0.2) is 5.43 Å². The molecule has 1 aliphatic rings. The number of hydrogen-bond acceptors (Lipinski definition) is 4. The van der Waals surface area contributed by atoms with Crippen molar-refractivity contribution < 1.29 is 9.59 Å². The number of nitrogens with zero attached hydrogens (tertiary/aromatic N) is 1. The van der Waals surface area contributed by atoms with E-state index in [1.807, 2.05) is 48.5 Å². The lowest BCUT2D eigenvalue weighted by atomic mass is 10.2. The van der Waals surface area contributed by atoms with Crippen LogP contribution in [0.15, 0.2) is 58.1 Å². The molecule has 0 heterocycles. The molecule has 2 aromatic carbocycles. The van der Waals surface area contributed by atoms with Gasteiger partial charge in [0.2, 0.25) is 0 Å². The second-order valence-electron chi connectivity index (χ2n) is 5.67. The Hall–Kier alpha value is -2.67. The predicted molar refractivity (Wildman–Crippen MR) is 101 cm³/mol. The third-order valence-corrected chi connectivity index (χ3v) is 4.05. The second-order valence-corrected chi connectivity index (χ2v) is 6.59. The van der Waals surface area contributed by atoms with Crippen molar-refractivity contribution in [3.05, 3.63) is 58.6 Å². The summed E-state index contributed by atoms with van der Waals surface area (Å²) in [4.78, 5) is 23.3. The zero-order valence-electron chi connectivity index (χ0n) is 13.3. The average molecular weight is 401 g/mol. The van der Waals surface area contributed by atoms with E-state index in [1.54, 1.807) is 0 Å². The van der Waals surface area contributed by atoms with Crippen LogP contribution in [0.4, 0.5) is 11.4 Å². The minimum atomic E-state index is -0.768. The molecule has 0 saturated heterocycles. The molecule has 0 bridgehead atoms. The Morgan fingerprint density at radius 1 is 1.08 bits per heavy atom. The van der Waals surface area contributed by atoms with Gasteiger partial charge in [0.05, 0.1) is 6.21 Å². The van der Waals surface area contributed by atoms with Gasteiger partial charge in [-0.05, 0) is 43.2 Å². The average Bonchev–Trinajstić information content (AvgIpc) is 3.42. The van der Waals surface area contributed by atoms with Gasteiger partial charge in [-0.1, -0.05) is 34.1 Å². The molecule has 3 N–H and O–H groups in total. The summed E-state index contributed by atoms with van der Waals surface area (Å²) in [5.74, 6) is -1.42. The molecular weight excluding hydrogens is 384 g/mol. The van der Waals surface area contributed by atoms with Crippen molar-refractivity contribution >= 4 is 45.3 Å². The third-order valence-electron chi connectivity index (χ3n) is 3.55. The fraction of sp³-hybridized carbons (Fsp3) is 0.167. The van der Waals surface area contributed by atoms with Crippen LogP contribution in [-0.2, 0) is 9.59 Å². The largest absolute Gasteiger partial charge is 0.355 e. The number of rotatable bonds is 5. The fourth-order valence-electron chi connectivity index (χ4n) is 2.12. The lowest BCUT2D eigenvalue weighted by Gasteiger charge is -2.10. The first-order valence-corrected chi connectivity index (χ1v) is 8.66. The van der Waals surface area contributed by atoms with Crippen molar-refractivity contribution in [1.29, 1.82) is 0 Å². The van der Waals surface area contributed by atoms with Gasteiger partial charge in [-0.3, -0.25) is 9.59 Å². The Morgan fingerprint density at radius 2 is 1.84 bits per heavy atom. The van der Waals surface area contributed by atoms with E-state index in [0.29, 0.717) is 0 Å². The summed E-state index contributed by atoms with van der Waals surface area (Å²) in [6.07, 6.45) is 3.35. The monoisotopic (exact) mass is 400 g/mol. The molecule has 6 nitrogen and oxygen atoms in total. The minimum absolute atomic E-state index is 0.133. The van der Waals surface area contributed by atoms with Crippen LogP contribution in [0.1, 0.15) is 18.4 Å². The van der Waals surface area contributed by atoms with Gasteiger partial charge in [0.1, 0.15) is 0 Å². The van der Waals surface area contributed by atoms with Crippen LogP contribution >= 0.6 is 15.9 Å². The molecule has 1 saturated carbocycles. The van der Waals surface area contributed by atoms with Gasteiger partial charge in [0.25, 0.3) is 0 Å². The van der Waals surface area contributed by atoms with E-state index in [1.165, 1.54) is 6.21 Å². The van der Waals surface area contributed by atoms with E-state index in [4.69, 9.17) is 0 Å². The first-order valence-electron chi connectivity index (χ1n) is 7.87. The highest BCUT2D eigenvalue weighted by Gasteiger charge is 2.26. The van der Waals surface area contributed by atoms with E-state index in [9.17, 15) is 9.59 Å². The van der Waals surface area contributed by atoms with E-state index in [-0.39, 0.29) is 6.04 Å². The second kappa shape index (κ2) is 7.94. The number of benzene rings is 2. The smallest absolute Gasteiger partial charge is 0.329 e. The molecule has 0 aliphatic heterocycles. The molecule has 7 heteroatoms. The van der Waals surface area contributed by atoms with Gasteiger partial charge in [-0.2, -0.15) is 5.10 Å². The van der Waals surface area contributed by atoms with E-state index >= 15 is 0 Å². The summed E-state index contributed by atoms with van der Waals surface area (Å²) >= 11 is 3.42. The van der Waals surface area contributed by atoms with Crippen LogP contribution in [-0.4, -0.2) is 24.1 Å². The summed E-state index contributed by atoms with van der Waals surface area (Å²) in [7, 11) is 0. The van der Waals surface area contributed by atoms with Gasteiger partial charge in [0.15, 0.2) is 0 Å². The molecule has 0 spiro atoms. The van der Waals surface area contributed by atoms with Gasteiger partial charge in [-0.15, -0.1) is 0 Å². The van der Waals surface area contributed by atoms with E-state index in [0.717, 1.165) is 34.3 Å². The molecule has 1 fully saturated rings. The summed E-state index contributed by atoms with van der Waals surface area (Å²) in [6.45, 7) is 0. The first kappa shape index (κ1) is 17.2. The van der Waals surface area contributed by atoms with Crippen LogP contribution in [0, 0.1) is 0 Å². The normalized spacial score (nSPS) is 13.5. The van der Waals surface area contributed by atoms with E-state index < -0.39 is 11.8 Å². The number of halogens is 1. The van der Waals surface area contributed by atoms with Crippen molar-refractivity contribution in [1.82, 2.24) is 10.7 Å². The van der Waals surface area contributed by atoms with Gasteiger partial charge in [0, 0.05) is 27.5 Å². The van der Waals surface area contributed by atoms with Crippen molar-refractivity contribution in [2.24, 2.45) is 5.10 Å². The summed E-state index contributed by atoms with van der Waals surface area (Å²) in [6, 6.07) is 15.5. The molecular formula is C18H17BrN4O2. The molecule has 0 aromatic heterocycles. The number of hydrogen-bond donors (Lipinski definition) is 3. The number of anilines is 2.